The number of hydrogen-bond donors (Lipinski definition) is 1. The van der Waals surface area contributed by atoms with Crippen molar-refractivity contribution < 1.29 is 40.4 Å². The molecule has 1 rings (SSSR count). The Morgan fingerprint density at radius 3 is 2.24 bits per heavy atom. The van der Waals surface area contributed by atoms with Crippen LogP contribution in [0.4, 0.5) is 13.2 Å². The zero-order valence-corrected chi connectivity index (χ0v) is 19.3. The summed E-state index contributed by atoms with van der Waals surface area (Å²) in [5, 5.41) is -4.97. The van der Waals surface area contributed by atoms with Gasteiger partial charge in [0.1, 0.15) is 5.75 Å². The predicted molar refractivity (Wildman–Crippen MR) is 107 cm³/mol. The molecule has 1 aromatic carbocycles. The molecule has 6 nitrogen and oxygen atoms in total. The molecule has 0 bridgehead atoms. The highest BCUT2D eigenvalue weighted by atomic mass is 127. The van der Waals surface area contributed by atoms with Gasteiger partial charge in [0, 0.05) is 9.99 Å². The Morgan fingerprint density at radius 2 is 1.76 bits per heavy atom. The second-order valence-electron chi connectivity index (χ2n) is 4.50. The minimum atomic E-state index is -5.89. The molecule has 1 aromatic rings. The molecule has 0 radical (unpaired) electrons. The van der Waals surface area contributed by atoms with Crippen LogP contribution in [0.1, 0.15) is 6.42 Å². The van der Waals surface area contributed by atoms with Gasteiger partial charge in [-0.05, 0) is 79.9 Å². The van der Waals surface area contributed by atoms with Crippen molar-refractivity contribution in [2.24, 2.45) is 0 Å². The monoisotopic (exact) mass is 720 g/mol. The maximum absolute atomic E-state index is 13.2. The van der Waals surface area contributed by atoms with Crippen LogP contribution < -0.4 is 4.74 Å². The van der Waals surface area contributed by atoms with Crippen LogP contribution in [0.5, 0.6) is 5.75 Å². The van der Waals surface area contributed by atoms with Gasteiger partial charge in [0.2, 0.25) is 0 Å². The summed E-state index contributed by atoms with van der Waals surface area (Å²) in [6.07, 6.45) is -4.31. The zero-order valence-electron chi connectivity index (χ0n) is 12.0. The Bertz CT molecular complexity index is 721. The molecule has 0 amide bonds. The third-order valence-electron chi connectivity index (χ3n) is 2.64. The molecule has 0 aliphatic heterocycles. The van der Waals surface area contributed by atoms with E-state index in [1.54, 1.807) is 0 Å². The third kappa shape index (κ3) is 6.80. The molecule has 142 valence electrons. The minimum Gasteiger partial charge on any atom is -0.480 e. The quantitative estimate of drug-likeness (QED) is 0.251. The van der Waals surface area contributed by atoms with Crippen LogP contribution in [0.3, 0.4) is 0 Å². The smallest absolute Gasteiger partial charge is 0.400 e. The van der Waals surface area contributed by atoms with Crippen LogP contribution in [0.2, 0.25) is 0 Å². The highest BCUT2D eigenvalue weighted by Crippen LogP contribution is 2.30. The SMILES string of the molecule is O=C(COc1c(I)cc(I)cc1I)OCCC(F)C(F)(F)S(=O)(=O)O. The second-order valence-corrected chi connectivity index (χ2v) is 9.57. The van der Waals surface area contributed by atoms with E-state index in [-0.39, 0.29) is 0 Å². The van der Waals surface area contributed by atoms with Crippen LogP contribution in [0.15, 0.2) is 12.1 Å². The molecule has 0 spiro atoms. The number of halogens is 6. The van der Waals surface area contributed by atoms with Gasteiger partial charge < -0.3 is 9.47 Å². The van der Waals surface area contributed by atoms with Crippen LogP contribution in [-0.4, -0.2) is 43.6 Å². The highest BCUT2D eigenvalue weighted by Gasteiger charge is 2.52. The van der Waals surface area contributed by atoms with Crippen LogP contribution >= 0.6 is 67.8 Å². The van der Waals surface area contributed by atoms with E-state index in [0.29, 0.717) is 5.75 Å². The first-order chi connectivity index (χ1) is 11.4. The Balaban J connectivity index is 2.49. The molecule has 13 heteroatoms. The van der Waals surface area contributed by atoms with Gasteiger partial charge in [-0.15, -0.1) is 0 Å². The van der Waals surface area contributed by atoms with E-state index < -0.39 is 47.1 Å². The molecule has 0 aromatic heterocycles. The first-order valence-corrected chi connectivity index (χ1v) is 11.0. The summed E-state index contributed by atoms with van der Waals surface area (Å²) in [6, 6.07) is 3.63. The Labute approximate surface area is 182 Å². The number of hydrogen-bond acceptors (Lipinski definition) is 5. The summed E-state index contributed by atoms with van der Waals surface area (Å²) in [5.74, 6) is -0.493. The van der Waals surface area contributed by atoms with E-state index >= 15 is 0 Å². The summed E-state index contributed by atoms with van der Waals surface area (Å²) < 4.78 is 80.4. The number of carbonyl (C=O) groups is 1. The number of carbonyl (C=O) groups excluding carboxylic acids is 1. The van der Waals surface area contributed by atoms with Gasteiger partial charge in [0.05, 0.1) is 13.7 Å². The lowest BCUT2D eigenvalue weighted by molar-refractivity contribution is -0.147. The molecule has 1 unspecified atom stereocenters. The molecule has 1 atom stereocenters. The van der Waals surface area contributed by atoms with Gasteiger partial charge in [-0.2, -0.15) is 17.2 Å². The highest BCUT2D eigenvalue weighted by molar-refractivity contribution is 14.1. The second kappa shape index (κ2) is 9.54. The minimum absolute atomic E-state index is 0.444. The van der Waals surface area contributed by atoms with Gasteiger partial charge in [-0.3, -0.25) is 4.55 Å². The molecule has 0 saturated heterocycles. The van der Waals surface area contributed by atoms with E-state index in [4.69, 9.17) is 9.29 Å². The average molecular weight is 720 g/mol. The molecule has 0 heterocycles. The number of esters is 1. The Kier molecular flexibility index (Phi) is 8.93. The van der Waals surface area contributed by atoms with Crippen molar-refractivity contribution in [3.05, 3.63) is 22.8 Å². The van der Waals surface area contributed by atoms with Crippen molar-refractivity contribution in [3.8, 4) is 5.75 Å². The van der Waals surface area contributed by atoms with E-state index in [0.717, 1.165) is 10.7 Å². The van der Waals surface area contributed by atoms with Crippen molar-refractivity contribution in [2.45, 2.75) is 17.8 Å². The summed E-state index contributed by atoms with van der Waals surface area (Å²) in [6.45, 7) is -1.33. The van der Waals surface area contributed by atoms with E-state index in [9.17, 15) is 26.4 Å². The number of ether oxygens (including phenoxy) is 2. The lowest BCUT2D eigenvalue weighted by Gasteiger charge is -2.17. The summed E-state index contributed by atoms with van der Waals surface area (Å²) in [5.41, 5.74) is 0. The number of rotatable bonds is 8. The molecule has 0 aliphatic rings. The fourth-order valence-corrected chi connectivity index (χ4v) is 5.78. The number of benzene rings is 1. The van der Waals surface area contributed by atoms with Crippen molar-refractivity contribution in [3.63, 3.8) is 0 Å². The van der Waals surface area contributed by atoms with E-state index in [2.05, 4.69) is 27.3 Å². The average Bonchev–Trinajstić information content (AvgIpc) is 2.44. The first-order valence-electron chi connectivity index (χ1n) is 6.28. The zero-order chi connectivity index (χ0) is 19.4. The van der Waals surface area contributed by atoms with Crippen LogP contribution in [0, 0.1) is 10.7 Å². The van der Waals surface area contributed by atoms with Gasteiger partial charge in [0.15, 0.2) is 12.8 Å². The van der Waals surface area contributed by atoms with Crippen LogP contribution in [-0.2, 0) is 19.6 Å². The van der Waals surface area contributed by atoms with Gasteiger partial charge in [0.25, 0.3) is 0 Å². The van der Waals surface area contributed by atoms with E-state index in [1.807, 2.05) is 57.3 Å². The molecule has 0 fully saturated rings. The number of alkyl halides is 3. The first kappa shape index (κ1) is 23.4. The lowest BCUT2D eigenvalue weighted by atomic mass is 10.3. The van der Waals surface area contributed by atoms with Crippen molar-refractivity contribution >= 4 is 83.9 Å². The fourth-order valence-electron chi connectivity index (χ4n) is 1.45. The predicted octanol–water partition coefficient (Wildman–Crippen LogP) is 3.63. The molecule has 0 saturated carbocycles. The van der Waals surface area contributed by atoms with Crippen LogP contribution in [0.25, 0.3) is 0 Å². The Hall–Kier alpha value is 0.380. The third-order valence-corrected chi connectivity index (χ3v) is 5.81. The van der Waals surface area contributed by atoms with Gasteiger partial charge in [-0.25, -0.2) is 9.18 Å². The van der Waals surface area contributed by atoms with Crippen molar-refractivity contribution in [1.29, 1.82) is 0 Å². The summed E-state index contributed by atoms with van der Waals surface area (Å²) in [7, 11) is -5.89. The van der Waals surface area contributed by atoms with Gasteiger partial charge in [-0.1, -0.05) is 0 Å². The molecule has 25 heavy (non-hydrogen) atoms. The summed E-state index contributed by atoms with van der Waals surface area (Å²) in [4.78, 5) is 11.5. The summed E-state index contributed by atoms with van der Waals surface area (Å²) >= 11 is 6.13. The van der Waals surface area contributed by atoms with E-state index in [1.165, 1.54) is 0 Å². The molecular formula is C12H10F3I3O6S. The molecular weight excluding hydrogens is 710 g/mol. The lowest BCUT2D eigenvalue weighted by Crippen LogP contribution is -2.39. The van der Waals surface area contributed by atoms with Crippen molar-refractivity contribution in [1.82, 2.24) is 0 Å². The van der Waals surface area contributed by atoms with Crippen molar-refractivity contribution in [2.75, 3.05) is 13.2 Å². The maximum Gasteiger partial charge on any atom is 0.400 e. The fraction of sp³-hybridized carbons (Fsp3) is 0.417. The van der Waals surface area contributed by atoms with Gasteiger partial charge >= 0.3 is 21.3 Å². The normalized spacial score (nSPS) is 13.4. The standard InChI is InChI=1S/C12H10F3I3O6S/c13-9(12(14,15)25(20,21)22)1-2-23-10(19)5-24-11-7(17)3-6(16)4-8(11)18/h3-4,9H,1-2,5H2,(H,20,21,22). The maximum atomic E-state index is 13.2. The largest absolute Gasteiger partial charge is 0.480 e. The topological polar surface area (TPSA) is 89.9 Å². The Morgan fingerprint density at radius 1 is 1.24 bits per heavy atom. The molecule has 1 N–H and O–H groups in total. The molecule has 0 aliphatic carbocycles.